The summed E-state index contributed by atoms with van der Waals surface area (Å²) in [6.45, 7) is 5.30. The van der Waals surface area contributed by atoms with E-state index < -0.39 is 0 Å². The van der Waals surface area contributed by atoms with E-state index in [4.69, 9.17) is 0 Å². The van der Waals surface area contributed by atoms with Gasteiger partial charge in [0, 0.05) is 19.1 Å². The molecule has 1 amide bonds. The van der Waals surface area contributed by atoms with E-state index in [0.29, 0.717) is 12.6 Å². The molecule has 0 spiro atoms. The summed E-state index contributed by atoms with van der Waals surface area (Å²) in [4.78, 5) is 13.5. The van der Waals surface area contributed by atoms with Gasteiger partial charge >= 0.3 is 0 Å². The Morgan fingerprint density at radius 1 is 1.64 bits per heavy atom. The van der Waals surface area contributed by atoms with Crippen molar-refractivity contribution in [2.75, 3.05) is 33.2 Å². The molecule has 1 aliphatic rings. The second-order valence-electron chi connectivity index (χ2n) is 3.87. The Bertz CT molecular complexity index is 178. The largest absolute Gasteiger partial charge is 0.355 e. The van der Waals surface area contributed by atoms with Gasteiger partial charge in [0.15, 0.2) is 0 Å². The fourth-order valence-corrected chi connectivity index (χ4v) is 1.82. The van der Waals surface area contributed by atoms with Crippen LogP contribution >= 0.6 is 0 Å². The van der Waals surface area contributed by atoms with Gasteiger partial charge in [-0.2, -0.15) is 0 Å². The molecular formula is C10H21N3O. The van der Waals surface area contributed by atoms with Crippen LogP contribution in [-0.4, -0.2) is 50.1 Å². The van der Waals surface area contributed by atoms with Crippen LogP contribution in [0.3, 0.4) is 0 Å². The fourth-order valence-electron chi connectivity index (χ4n) is 1.82. The Labute approximate surface area is 86.0 Å². The van der Waals surface area contributed by atoms with E-state index in [2.05, 4.69) is 15.5 Å². The zero-order valence-electron chi connectivity index (χ0n) is 9.18. The lowest BCUT2D eigenvalue weighted by Gasteiger charge is -2.31. The van der Waals surface area contributed by atoms with Gasteiger partial charge in [0.2, 0.25) is 5.91 Å². The van der Waals surface area contributed by atoms with Gasteiger partial charge in [-0.15, -0.1) is 0 Å². The number of carbonyl (C=O) groups is 1. The van der Waals surface area contributed by atoms with E-state index in [-0.39, 0.29) is 5.91 Å². The lowest BCUT2D eigenvalue weighted by molar-refractivity contribution is -0.122. The molecule has 1 atom stereocenters. The minimum atomic E-state index is 0.126. The average Bonchev–Trinajstić information content (AvgIpc) is 2.19. The number of hydrogen-bond donors (Lipinski definition) is 2. The van der Waals surface area contributed by atoms with Crippen LogP contribution in [0, 0.1) is 0 Å². The first-order chi connectivity index (χ1) is 6.74. The van der Waals surface area contributed by atoms with Crippen molar-refractivity contribution in [2.24, 2.45) is 0 Å². The Hall–Kier alpha value is -0.610. The molecule has 1 rings (SSSR count). The molecule has 1 aliphatic heterocycles. The number of nitrogens with zero attached hydrogens (tertiary/aromatic N) is 1. The minimum Gasteiger partial charge on any atom is -0.355 e. The first kappa shape index (κ1) is 11.5. The molecule has 4 heteroatoms. The molecule has 0 saturated carbocycles. The van der Waals surface area contributed by atoms with E-state index in [0.717, 1.165) is 19.6 Å². The van der Waals surface area contributed by atoms with Crippen molar-refractivity contribution in [2.45, 2.75) is 25.8 Å². The summed E-state index contributed by atoms with van der Waals surface area (Å²) in [7, 11) is 2.02. The number of rotatable bonds is 4. The van der Waals surface area contributed by atoms with E-state index in [1.54, 1.807) is 0 Å². The van der Waals surface area contributed by atoms with Gasteiger partial charge in [0.05, 0.1) is 6.54 Å². The van der Waals surface area contributed by atoms with Crippen LogP contribution in [0.2, 0.25) is 0 Å². The van der Waals surface area contributed by atoms with Crippen molar-refractivity contribution in [1.82, 2.24) is 15.5 Å². The summed E-state index contributed by atoms with van der Waals surface area (Å²) in [5, 5.41) is 6.16. The fraction of sp³-hybridized carbons (Fsp3) is 0.900. The first-order valence-corrected chi connectivity index (χ1v) is 5.41. The molecule has 1 saturated heterocycles. The summed E-state index contributed by atoms with van der Waals surface area (Å²) in [6.07, 6.45) is 2.41. The average molecular weight is 199 g/mol. The first-order valence-electron chi connectivity index (χ1n) is 5.41. The second-order valence-corrected chi connectivity index (χ2v) is 3.87. The van der Waals surface area contributed by atoms with Gasteiger partial charge in [0.25, 0.3) is 0 Å². The second kappa shape index (κ2) is 5.98. The van der Waals surface area contributed by atoms with Crippen LogP contribution in [0.4, 0.5) is 0 Å². The van der Waals surface area contributed by atoms with E-state index >= 15 is 0 Å². The van der Waals surface area contributed by atoms with Crippen LogP contribution < -0.4 is 10.6 Å². The van der Waals surface area contributed by atoms with Crippen molar-refractivity contribution in [3.05, 3.63) is 0 Å². The number of nitrogens with one attached hydrogen (secondary N) is 2. The zero-order chi connectivity index (χ0) is 10.4. The maximum absolute atomic E-state index is 11.3. The van der Waals surface area contributed by atoms with E-state index in [1.165, 1.54) is 12.8 Å². The number of carbonyl (C=O) groups excluding carboxylic acids is 1. The SMILES string of the molecule is CCNC(=O)CN(C)C1CCCNC1. The predicted molar refractivity (Wildman–Crippen MR) is 57.2 cm³/mol. The number of piperidine rings is 1. The molecule has 0 radical (unpaired) electrons. The highest BCUT2D eigenvalue weighted by atomic mass is 16.2. The number of amides is 1. The highest BCUT2D eigenvalue weighted by Crippen LogP contribution is 2.07. The molecule has 4 nitrogen and oxygen atoms in total. The van der Waals surface area contributed by atoms with Gasteiger partial charge in [-0.05, 0) is 33.4 Å². The van der Waals surface area contributed by atoms with Gasteiger partial charge in [-0.1, -0.05) is 0 Å². The molecule has 0 aliphatic carbocycles. The van der Waals surface area contributed by atoms with Crippen molar-refractivity contribution >= 4 is 5.91 Å². The number of likely N-dealkylation sites (N-methyl/N-ethyl adjacent to an activating group) is 2. The van der Waals surface area contributed by atoms with Crippen molar-refractivity contribution in [3.8, 4) is 0 Å². The Morgan fingerprint density at radius 3 is 3.00 bits per heavy atom. The Kier molecular flexibility index (Phi) is 4.90. The Balaban J connectivity index is 2.25. The van der Waals surface area contributed by atoms with E-state index in [9.17, 15) is 4.79 Å². The third-order valence-corrected chi connectivity index (χ3v) is 2.66. The van der Waals surface area contributed by atoms with Gasteiger partial charge in [-0.25, -0.2) is 0 Å². The minimum absolute atomic E-state index is 0.126. The molecule has 1 heterocycles. The maximum atomic E-state index is 11.3. The zero-order valence-corrected chi connectivity index (χ0v) is 9.18. The van der Waals surface area contributed by atoms with Crippen molar-refractivity contribution in [3.63, 3.8) is 0 Å². The molecule has 0 bridgehead atoms. The molecule has 1 unspecified atom stereocenters. The summed E-state index contributed by atoms with van der Waals surface area (Å²) in [5.41, 5.74) is 0. The monoisotopic (exact) mass is 199 g/mol. The Morgan fingerprint density at radius 2 is 2.43 bits per heavy atom. The van der Waals surface area contributed by atoms with Crippen molar-refractivity contribution < 1.29 is 4.79 Å². The van der Waals surface area contributed by atoms with Gasteiger partial charge < -0.3 is 10.6 Å². The molecule has 0 aromatic rings. The van der Waals surface area contributed by atoms with Gasteiger partial charge in [-0.3, -0.25) is 9.69 Å². The van der Waals surface area contributed by atoms with Gasteiger partial charge in [0.1, 0.15) is 0 Å². The number of hydrogen-bond acceptors (Lipinski definition) is 3. The highest BCUT2D eigenvalue weighted by Gasteiger charge is 2.18. The normalized spacial score (nSPS) is 22.4. The lowest BCUT2D eigenvalue weighted by atomic mass is 10.1. The molecule has 2 N–H and O–H groups in total. The molecular weight excluding hydrogens is 178 g/mol. The highest BCUT2D eigenvalue weighted by molar-refractivity contribution is 5.77. The van der Waals surface area contributed by atoms with Crippen LogP contribution in [0.15, 0.2) is 0 Å². The third kappa shape index (κ3) is 3.64. The molecule has 1 fully saturated rings. The lowest BCUT2D eigenvalue weighted by Crippen LogP contribution is -2.47. The van der Waals surface area contributed by atoms with Crippen LogP contribution in [-0.2, 0) is 4.79 Å². The molecule has 82 valence electrons. The summed E-state index contributed by atoms with van der Waals surface area (Å²) in [5.74, 6) is 0.126. The summed E-state index contributed by atoms with van der Waals surface area (Å²) < 4.78 is 0. The third-order valence-electron chi connectivity index (χ3n) is 2.66. The standard InChI is InChI=1S/C10H21N3O/c1-3-12-10(14)8-13(2)9-5-4-6-11-7-9/h9,11H,3-8H2,1-2H3,(H,12,14). The maximum Gasteiger partial charge on any atom is 0.234 e. The van der Waals surface area contributed by atoms with Crippen LogP contribution in [0.25, 0.3) is 0 Å². The van der Waals surface area contributed by atoms with Crippen molar-refractivity contribution in [1.29, 1.82) is 0 Å². The quantitative estimate of drug-likeness (QED) is 0.659. The molecule has 0 aromatic carbocycles. The molecule has 14 heavy (non-hydrogen) atoms. The molecule has 0 aromatic heterocycles. The predicted octanol–water partition coefficient (Wildman–Crippen LogP) is -0.194. The topological polar surface area (TPSA) is 44.4 Å². The van der Waals surface area contributed by atoms with Crippen LogP contribution in [0.5, 0.6) is 0 Å². The van der Waals surface area contributed by atoms with Crippen LogP contribution in [0.1, 0.15) is 19.8 Å². The summed E-state index contributed by atoms with van der Waals surface area (Å²) >= 11 is 0. The summed E-state index contributed by atoms with van der Waals surface area (Å²) in [6, 6.07) is 0.520. The van der Waals surface area contributed by atoms with E-state index in [1.807, 2.05) is 14.0 Å². The smallest absolute Gasteiger partial charge is 0.234 e.